The summed E-state index contributed by atoms with van der Waals surface area (Å²) in [5.74, 6) is -2.21. The summed E-state index contributed by atoms with van der Waals surface area (Å²) in [6.07, 6.45) is 0.236. The first kappa shape index (κ1) is 18.7. The summed E-state index contributed by atoms with van der Waals surface area (Å²) in [6, 6.07) is 0.241. The number of hydrogen-bond acceptors (Lipinski definition) is 1. The Morgan fingerprint density at radius 2 is 1.53 bits per heavy atom. The smallest absolute Gasteiger partial charge is 0.248 e. The van der Waals surface area contributed by atoms with Gasteiger partial charge in [-0.05, 0) is 12.3 Å². The standard InChI is InChI=1S/C8H17NO.C3H4F2.C2H6/c1-6(8(3,4)5)9-7(2)10;4-3(5)1-2-3;1-2/h6H,1-5H3,(H,9,10);1-2H2;1-2H3. The van der Waals surface area contributed by atoms with Crippen LogP contribution in [0, 0.1) is 5.41 Å². The first-order chi connectivity index (χ1) is 7.54. The minimum Gasteiger partial charge on any atom is -0.353 e. The topological polar surface area (TPSA) is 29.1 Å². The molecule has 1 N–H and O–H groups in total. The minimum atomic E-state index is -2.25. The summed E-state index contributed by atoms with van der Waals surface area (Å²) in [6.45, 7) is 13.9. The number of alkyl halides is 2. The maximum absolute atomic E-state index is 11.1. The van der Waals surface area contributed by atoms with Gasteiger partial charge in [0.15, 0.2) is 0 Å². The number of carbonyl (C=O) groups excluding carboxylic acids is 1. The Hall–Kier alpha value is -0.670. The van der Waals surface area contributed by atoms with E-state index in [9.17, 15) is 13.6 Å². The zero-order valence-electron chi connectivity index (χ0n) is 12.2. The highest BCUT2D eigenvalue weighted by Crippen LogP contribution is 2.40. The Morgan fingerprint density at radius 3 is 1.59 bits per heavy atom. The second-order valence-electron chi connectivity index (χ2n) is 5.14. The van der Waals surface area contributed by atoms with Crippen molar-refractivity contribution in [3.63, 3.8) is 0 Å². The maximum Gasteiger partial charge on any atom is 0.248 e. The molecule has 1 rings (SSSR count). The van der Waals surface area contributed by atoms with Crippen LogP contribution in [0.4, 0.5) is 8.78 Å². The van der Waals surface area contributed by atoms with E-state index >= 15 is 0 Å². The number of carbonyl (C=O) groups is 1. The molecule has 1 fully saturated rings. The van der Waals surface area contributed by atoms with Crippen molar-refractivity contribution in [3.8, 4) is 0 Å². The molecule has 0 bridgehead atoms. The fourth-order valence-corrected chi connectivity index (χ4v) is 0.616. The molecule has 1 aliphatic carbocycles. The molecule has 1 unspecified atom stereocenters. The number of amides is 1. The molecule has 1 aliphatic rings. The van der Waals surface area contributed by atoms with Crippen LogP contribution < -0.4 is 5.32 Å². The van der Waals surface area contributed by atoms with Crippen LogP contribution in [0.1, 0.15) is 61.3 Å². The van der Waals surface area contributed by atoms with Crippen LogP contribution in [-0.2, 0) is 4.79 Å². The molecule has 0 radical (unpaired) electrons. The fraction of sp³-hybridized carbons (Fsp3) is 0.923. The first-order valence-electron chi connectivity index (χ1n) is 6.19. The zero-order valence-corrected chi connectivity index (χ0v) is 12.2. The van der Waals surface area contributed by atoms with E-state index in [-0.39, 0.29) is 30.2 Å². The molecular weight excluding hydrogens is 224 g/mol. The second kappa shape index (κ2) is 7.62. The Balaban J connectivity index is 0. The highest BCUT2D eigenvalue weighted by molar-refractivity contribution is 5.73. The van der Waals surface area contributed by atoms with Crippen LogP contribution in [0.2, 0.25) is 0 Å². The number of halogens is 2. The summed E-state index contributed by atoms with van der Waals surface area (Å²) in [4.78, 5) is 10.6. The molecule has 1 saturated carbocycles. The highest BCUT2D eigenvalue weighted by atomic mass is 19.3. The zero-order chi connectivity index (χ0) is 14.3. The van der Waals surface area contributed by atoms with Crippen LogP contribution in [0.3, 0.4) is 0 Å². The van der Waals surface area contributed by atoms with E-state index in [4.69, 9.17) is 0 Å². The van der Waals surface area contributed by atoms with Gasteiger partial charge in [-0.15, -0.1) is 0 Å². The summed E-state index contributed by atoms with van der Waals surface area (Å²) in [7, 11) is 0. The van der Waals surface area contributed by atoms with Crippen molar-refractivity contribution < 1.29 is 13.6 Å². The van der Waals surface area contributed by atoms with Gasteiger partial charge >= 0.3 is 0 Å². The van der Waals surface area contributed by atoms with Gasteiger partial charge in [0.25, 0.3) is 0 Å². The lowest BCUT2D eigenvalue weighted by Gasteiger charge is -2.27. The summed E-state index contributed by atoms with van der Waals surface area (Å²) in [5, 5.41) is 2.84. The monoisotopic (exact) mass is 251 g/mol. The lowest BCUT2D eigenvalue weighted by Crippen LogP contribution is -2.40. The van der Waals surface area contributed by atoms with E-state index < -0.39 is 5.92 Å². The third kappa shape index (κ3) is 13.3. The molecule has 1 atom stereocenters. The predicted octanol–water partition coefficient (Wildman–Crippen LogP) is 4.00. The molecule has 17 heavy (non-hydrogen) atoms. The van der Waals surface area contributed by atoms with Gasteiger partial charge in [-0.2, -0.15) is 0 Å². The van der Waals surface area contributed by atoms with E-state index in [0.717, 1.165) is 0 Å². The highest BCUT2D eigenvalue weighted by Gasteiger charge is 2.43. The van der Waals surface area contributed by atoms with E-state index in [1.54, 1.807) is 6.92 Å². The molecule has 0 spiro atoms. The van der Waals surface area contributed by atoms with E-state index in [1.807, 2.05) is 20.8 Å². The average Bonchev–Trinajstić information content (AvgIpc) is 2.83. The SMILES string of the molecule is CC.CC(=O)NC(C)C(C)(C)C.FC1(F)CC1. The van der Waals surface area contributed by atoms with Crippen molar-refractivity contribution in [2.24, 2.45) is 5.41 Å². The Bertz CT molecular complexity index is 216. The van der Waals surface area contributed by atoms with Crippen LogP contribution in [0.25, 0.3) is 0 Å². The van der Waals surface area contributed by atoms with Crippen molar-refractivity contribution in [1.82, 2.24) is 5.32 Å². The third-order valence-electron chi connectivity index (χ3n) is 2.35. The van der Waals surface area contributed by atoms with Gasteiger partial charge in [0.1, 0.15) is 0 Å². The average molecular weight is 251 g/mol. The first-order valence-corrected chi connectivity index (χ1v) is 6.19. The van der Waals surface area contributed by atoms with Crippen LogP contribution in [0.5, 0.6) is 0 Å². The van der Waals surface area contributed by atoms with Gasteiger partial charge in [0.2, 0.25) is 11.8 Å². The molecular formula is C13H27F2NO. The van der Waals surface area contributed by atoms with Crippen LogP contribution >= 0.6 is 0 Å². The fourth-order valence-electron chi connectivity index (χ4n) is 0.616. The normalized spacial score (nSPS) is 17.7. The molecule has 0 aromatic carbocycles. The molecule has 0 saturated heterocycles. The predicted molar refractivity (Wildman–Crippen MR) is 68.3 cm³/mol. The van der Waals surface area contributed by atoms with Crippen LogP contribution in [0.15, 0.2) is 0 Å². The molecule has 104 valence electrons. The van der Waals surface area contributed by atoms with Crippen molar-refractivity contribution in [2.75, 3.05) is 0 Å². The summed E-state index contributed by atoms with van der Waals surface area (Å²) < 4.78 is 22.3. The van der Waals surface area contributed by atoms with Gasteiger partial charge in [-0.1, -0.05) is 34.6 Å². The number of nitrogens with one attached hydrogen (secondary N) is 1. The molecule has 0 aromatic heterocycles. The second-order valence-corrected chi connectivity index (χ2v) is 5.14. The van der Waals surface area contributed by atoms with Gasteiger partial charge in [-0.3, -0.25) is 4.79 Å². The molecule has 0 aliphatic heterocycles. The van der Waals surface area contributed by atoms with Crippen molar-refractivity contribution in [1.29, 1.82) is 0 Å². The van der Waals surface area contributed by atoms with Crippen LogP contribution in [-0.4, -0.2) is 17.9 Å². The summed E-state index contributed by atoms with van der Waals surface area (Å²) in [5.41, 5.74) is 0.158. The largest absolute Gasteiger partial charge is 0.353 e. The van der Waals surface area contributed by atoms with Gasteiger partial charge in [0.05, 0.1) is 0 Å². The van der Waals surface area contributed by atoms with Crippen molar-refractivity contribution in [2.45, 2.75) is 73.3 Å². The molecule has 1 amide bonds. The Morgan fingerprint density at radius 1 is 1.24 bits per heavy atom. The molecule has 2 nitrogen and oxygen atoms in total. The van der Waals surface area contributed by atoms with E-state index in [0.29, 0.717) is 0 Å². The van der Waals surface area contributed by atoms with E-state index in [2.05, 4.69) is 26.1 Å². The maximum atomic E-state index is 11.1. The van der Waals surface area contributed by atoms with Gasteiger partial charge < -0.3 is 5.32 Å². The lowest BCUT2D eigenvalue weighted by atomic mass is 9.88. The third-order valence-corrected chi connectivity index (χ3v) is 2.35. The van der Waals surface area contributed by atoms with E-state index in [1.165, 1.54) is 0 Å². The van der Waals surface area contributed by atoms with Crippen molar-refractivity contribution in [3.05, 3.63) is 0 Å². The molecule has 0 aromatic rings. The minimum absolute atomic E-state index is 0.0439. The Kier molecular flexibility index (Phi) is 8.37. The van der Waals surface area contributed by atoms with Gasteiger partial charge in [0, 0.05) is 25.8 Å². The lowest BCUT2D eigenvalue weighted by molar-refractivity contribution is -0.120. The quantitative estimate of drug-likeness (QED) is 0.750. The number of hydrogen-bond donors (Lipinski definition) is 1. The summed E-state index contributed by atoms with van der Waals surface area (Å²) >= 11 is 0. The van der Waals surface area contributed by atoms with Crippen molar-refractivity contribution >= 4 is 5.91 Å². The Labute approximate surface area is 104 Å². The number of rotatable bonds is 1. The molecule has 0 heterocycles. The van der Waals surface area contributed by atoms with Gasteiger partial charge in [-0.25, -0.2) is 8.78 Å². The molecule has 4 heteroatoms.